The van der Waals surface area contributed by atoms with Crippen molar-refractivity contribution in [2.24, 2.45) is 5.92 Å². The van der Waals surface area contributed by atoms with Crippen LogP contribution in [0.15, 0.2) is 24.3 Å². The van der Waals surface area contributed by atoms with Gasteiger partial charge in [-0.05, 0) is 30.4 Å². The van der Waals surface area contributed by atoms with Gasteiger partial charge in [0, 0.05) is 24.3 Å². The molecule has 1 aromatic carbocycles. The third kappa shape index (κ3) is 1.74. The van der Waals surface area contributed by atoms with E-state index in [1.165, 1.54) is 16.0 Å². The molecule has 4 rings (SSSR count). The highest BCUT2D eigenvalue weighted by molar-refractivity contribution is 5.87. The van der Waals surface area contributed by atoms with Crippen molar-refractivity contribution < 1.29 is 19.1 Å². The largest absolute Gasteiger partial charge is 0.479 e. The Bertz CT molecular complexity index is 676. The molecule has 1 amide bonds. The zero-order chi connectivity index (χ0) is 15.5. The topological polar surface area (TPSA) is 57.6 Å². The molecule has 1 heterocycles. The number of likely N-dealkylation sites (tertiary alicyclic amines) is 1. The number of aliphatic carboxylic acids is 1. The van der Waals surface area contributed by atoms with E-state index in [0.29, 0.717) is 0 Å². The Hall–Kier alpha value is -1.91. The lowest BCUT2D eigenvalue weighted by molar-refractivity contribution is -0.150. The molecule has 116 valence electrons. The minimum atomic E-state index is -2.27. The summed E-state index contributed by atoms with van der Waals surface area (Å²) in [4.78, 5) is 25.0. The van der Waals surface area contributed by atoms with Crippen LogP contribution in [0.1, 0.15) is 30.4 Å². The van der Waals surface area contributed by atoms with Gasteiger partial charge in [0.15, 0.2) is 0 Å². The number of carbonyl (C=O) groups excluding carboxylic acids is 1. The summed E-state index contributed by atoms with van der Waals surface area (Å²) >= 11 is 0. The number of fused-ring (bicyclic) bond motifs is 2. The number of aryl methyl sites for hydroxylation is 1. The lowest BCUT2D eigenvalue weighted by atomic mass is 9.95. The van der Waals surface area contributed by atoms with E-state index in [1.807, 2.05) is 12.1 Å². The zero-order valence-corrected chi connectivity index (χ0v) is 12.2. The first-order valence-electron chi connectivity index (χ1n) is 7.76. The molecule has 5 heteroatoms. The van der Waals surface area contributed by atoms with E-state index in [9.17, 15) is 14.0 Å². The van der Waals surface area contributed by atoms with Crippen LogP contribution in [0.3, 0.4) is 0 Å². The molecular formula is C17H18FNO3. The minimum Gasteiger partial charge on any atom is -0.479 e. The number of rotatable bonds is 2. The average Bonchev–Trinajstić information content (AvgIpc) is 2.90. The van der Waals surface area contributed by atoms with Gasteiger partial charge in [0.05, 0.1) is 6.54 Å². The lowest BCUT2D eigenvalue weighted by Crippen LogP contribution is -2.40. The van der Waals surface area contributed by atoms with Crippen LogP contribution in [0.4, 0.5) is 4.39 Å². The maximum absolute atomic E-state index is 14.1. The third-order valence-corrected chi connectivity index (χ3v) is 5.68. The lowest BCUT2D eigenvalue weighted by Gasteiger charge is -2.19. The van der Waals surface area contributed by atoms with Crippen molar-refractivity contribution in [1.29, 1.82) is 0 Å². The Morgan fingerprint density at radius 1 is 1.27 bits per heavy atom. The second-order valence-electron chi connectivity index (χ2n) is 6.85. The monoisotopic (exact) mass is 303 g/mol. The molecule has 1 N–H and O–H groups in total. The number of amides is 1. The van der Waals surface area contributed by atoms with E-state index in [2.05, 4.69) is 12.1 Å². The van der Waals surface area contributed by atoms with Crippen molar-refractivity contribution in [3.8, 4) is 0 Å². The Kier molecular flexibility index (Phi) is 2.69. The van der Waals surface area contributed by atoms with E-state index < -0.39 is 11.6 Å². The highest BCUT2D eigenvalue weighted by atomic mass is 19.1. The molecule has 0 bridgehead atoms. The zero-order valence-electron chi connectivity index (χ0n) is 12.2. The first-order valence-corrected chi connectivity index (χ1v) is 7.76. The van der Waals surface area contributed by atoms with Gasteiger partial charge in [-0.25, -0.2) is 9.18 Å². The normalized spacial score (nSPS) is 35.7. The van der Waals surface area contributed by atoms with Gasteiger partial charge in [-0.15, -0.1) is 0 Å². The van der Waals surface area contributed by atoms with Gasteiger partial charge < -0.3 is 10.0 Å². The summed E-state index contributed by atoms with van der Waals surface area (Å²) in [6, 6.07) is 8.22. The number of carbonyl (C=O) groups is 2. The molecule has 4 nitrogen and oxygen atoms in total. The van der Waals surface area contributed by atoms with Crippen molar-refractivity contribution in [2.75, 3.05) is 13.1 Å². The molecule has 1 aromatic rings. The van der Waals surface area contributed by atoms with Crippen LogP contribution in [0, 0.1) is 5.92 Å². The van der Waals surface area contributed by atoms with E-state index in [0.717, 1.165) is 19.3 Å². The van der Waals surface area contributed by atoms with E-state index >= 15 is 0 Å². The predicted molar refractivity (Wildman–Crippen MR) is 77.2 cm³/mol. The van der Waals surface area contributed by atoms with Gasteiger partial charge in [-0.3, -0.25) is 4.79 Å². The van der Waals surface area contributed by atoms with Crippen LogP contribution in [-0.2, 0) is 21.4 Å². The van der Waals surface area contributed by atoms with Crippen molar-refractivity contribution >= 4 is 11.9 Å². The van der Waals surface area contributed by atoms with Crippen LogP contribution in [0.2, 0.25) is 0 Å². The number of carboxylic acid groups (broad SMARTS) is 1. The number of hydrogen-bond acceptors (Lipinski definition) is 2. The summed E-state index contributed by atoms with van der Waals surface area (Å²) in [6.45, 7) is -0.106. The van der Waals surface area contributed by atoms with Crippen molar-refractivity contribution in [3.63, 3.8) is 0 Å². The van der Waals surface area contributed by atoms with Gasteiger partial charge >= 0.3 is 5.97 Å². The molecule has 3 aliphatic rings. The molecule has 1 aliphatic heterocycles. The fraction of sp³-hybridized carbons (Fsp3) is 0.529. The molecule has 0 aromatic heterocycles. The van der Waals surface area contributed by atoms with Crippen LogP contribution in [0.5, 0.6) is 0 Å². The van der Waals surface area contributed by atoms with Crippen LogP contribution >= 0.6 is 0 Å². The predicted octanol–water partition coefficient (Wildman–Crippen LogP) is 1.92. The average molecular weight is 303 g/mol. The molecule has 3 atom stereocenters. The van der Waals surface area contributed by atoms with Crippen molar-refractivity contribution in [3.05, 3.63) is 35.4 Å². The molecule has 1 saturated heterocycles. The third-order valence-electron chi connectivity index (χ3n) is 5.68. The second kappa shape index (κ2) is 4.31. The highest BCUT2D eigenvalue weighted by Gasteiger charge is 2.63. The second-order valence-corrected chi connectivity index (χ2v) is 6.85. The van der Waals surface area contributed by atoms with E-state index in [4.69, 9.17) is 5.11 Å². The van der Waals surface area contributed by atoms with Gasteiger partial charge in [-0.2, -0.15) is 0 Å². The first-order chi connectivity index (χ1) is 10.5. The first kappa shape index (κ1) is 13.7. The van der Waals surface area contributed by atoms with Crippen LogP contribution in [-0.4, -0.2) is 40.6 Å². The van der Waals surface area contributed by atoms with E-state index in [-0.39, 0.29) is 36.8 Å². The maximum Gasteiger partial charge on any atom is 0.343 e. The molecule has 2 aliphatic carbocycles. The van der Waals surface area contributed by atoms with Crippen LogP contribution < -0.4 is 0 Å². The minimum absolute atomic E-state index is 0.0710. The highest BCUT2D eigenvalue weighted by Crippen LogP contribution is 2.62. The number of nitrogens with zero attached hydrogens (tertiary/aromatic N) is 1. The summed E-state index contributed by atoms with van der Waals surface area (Å²) in [7, 11) is 0. The summed E-state index contributed by atoms with van der Waals surface area (Å²) < 4.78 is 14.1. The van der Waals surface area contributed by atoms with Crippen molar-refractivity contribution in [2.45, 2.75) is 36.8 Å². The number of alkyl halides is 1. The molecule has 0 radical (unpaired) electrons. The number of halogens is 1. The Balaban J connectivity index is 1.52. The SMILES string of the molecule is O=C(C1CC12CCc1ccccc12)N1CCC(F)(C(=O)O)C1. The van der Waals surface area contributed by atoms with Crippen LogP contribution in [0.25, 0.3) is 0 Å². The Labute approximate surface area is 127 Å². The molecule has 3 unspecified atom stereocenters. The maximum atomic E-state index is 14.1. The van der Waals surface area contributed by atoms with Gasteiger partial charge in [0.1, 0.15) is 0 Å². The Morgan fingerprint density at radius 2 is 2.05 bits per heavy atom. The fourth-order valence-corrected chi connectivity index (χ4v) is 4.28. The van der Waals surface area contributed by atoms with Crippen molar-refractivity contribution in [1.82, 2.24) is 4.90 Å². The number of carboxylic acids is 1. The van der Waals surface area contributed by atoms with Gasteiger partial charge in [-0.1, -0.05) is 24.3 Å². The standard InChI is InChI=1S/C17H18FNO3/c18-17(15(21)22)7-8-19(10-17)14(20)13-9-16(13)6-5-11-3-1-2-4-12(11)16/h1-4,13H,5-10H2,(H,21,22). The molecule has 1 saturated carbocycles. The Morgan fingerprint density at radius 3 is 2.77 bits per heavy atom. The summed E-state index contributed by atoms with van der Waals surface area (Å²) in [5.74, 6) is -1.63. The number of hydrogen-bond donors (Lipinski definition) is 1. The summed E-state index contributed by atoms with van der Waals surface area (Å²) in [5.41, 5.74) is 0.228. The van der Waals surface area contributed by atoms with Gasteiger partial charge in [0.25, 0.3) is 0 Å². The number of benzene rings is 1. The molecule has 22 heavy (non-hydrogen) atoms. The van der Waals surface area contributed by atoms with E-state index in [1.54, 1.807) is 0 Å². The molecule has 1 spiro atoms. The van der Waals surface area contributed by atoms with Gasteiger partial charge in [0.2, 0.25) is 11.6 Å². The summed E-state index contributed by atoms with van der Waals surface area (Å²) in [6.07, 6.45) is 2.66. The molecule has 2 fully saturated rings. The quantitative estimate of drug-likeness (QED) is 0.908. The fourth-order valence-electron chi connectivity index (χ4n) is 4.28. The molecular weight excluding hydrogens is 285 g/mol. The summed E-state index contributed by atoms with van der Waals surface area (Å²) in [5, 5.41) is 8.95. The smallest absolute Gasteiger partial charge is 0.343 e.